The zero-order valence-corrected chi connectivity index (χ0v) is 15.2. The van der Waals surface area contributed by atoms with Gasteiger partial charge in [-0.15, -0.1) is 11.3 Å². The number of β-lactam (4-membered cyclic amide) rings is 1. The Hall–Kier alpha value is -1.57. The summed E-state index contributed by atoms with van der Waals surface area (Å²) in [5.41, 5.74) is 6.98. The lowest BCUT2D eigenvalue weighted by Crippen LogP contribution is -2.62. The maximum absolute atomic E-state index is 12.2. The van der Waals surface area contributed by atoms with Crippen LogP contribution < -0.4 is 15.2 Å². The van der Waals surface area contributed by atoms with Gasteiger partial charge in [-0.1, -0.05) is 6.07 Å². The largest absolute Gasteiger partial charge is 0.493 e. The second-order valence-electron chi connectivity index (χ2n) is 5.27. The number of benzene rings is 1. The highest BCUT2D eigenvalue weighted by Crippen LogP contribution is 2.40. The molecule has 1 aromatic carbocycles. The molecule has 5 nitrogen and oxygen atoms in total. The van der Waals surface area contributed by atoms with Crippen molar-refractivity contribution in [3.63, 3.8) is 0 Å². The van der Waals surface area contributed by atoms with Gasteiger partial charge in [-0.05, 0) is 45.8 Å². The summed E-state index contributed by atoms with van der Waals surface area (Å²) in [7, 11) is 3.19. The van der Waals surface area contributed by atoms with E-state index >= 15 is 0 Å². The van der Waals surface area contributed by atoms with Crippen LogP contribution >= 0.6 is 27.3 Å². The molecule has 7 heteroatoms. The normalized spacial score (nSPS) is 20.3. The fraction of sp³-hybridized carbons (Fsp3) is 0.312. The maximum Gasteiger partial charge on any atom is 0.242 e. The molecular formula is C16H17BrN2O3S. The van der Waals surface area contributed by atoms with Gasteiger partial charge >= 0.3 is 0 Å². The highest BCUT2D eigenvalue weighted by Gasteiger charge is 2.46. The number of halogens is 1. The predicted molar refractivity (Wildman–Crippen MR) is 92.8 cm³/mol. The van der Waals surface area contributed by atoms with Crippen LogP contribution in [0.15, 0.2) is 34.1 Å². The molecule has 1 amide bonds. The van der Waals surface area contributed by atoms with Crippen molar-refractivity contribution in [2.45, 2.75) is 18.6 Å². The summed E-state index contributed by atoms with van der Waals surface area (Å²) in [6.45, 7) is 0.493. The van der Waals surface area contributed by atoms with E-state index in [1.165, 1.54) is 0 Å². The van der Waals surface area contributed by atoms with E-state index in [0.29, 0.717) is 18.0 Å². The van der Waals surface area contributed by atoms with Crippen LogP contribution in [0.25, 0.3) is 0 Å². The van der Waals surface area contributed by atoms with Gasteiger partial charge in [0.15, 0.2) is 11.5 Å². The Morgan fingerprint density at radius 2 is 1.96 bits per heavy atom. The fourth-order valence-corrected chi connectivity index (χ4v) is 4.33. The Labute approximate surface area is 147 Å². The van der Waals surface area contributed by atoms with Gasteiger partial charge in [-0.3, -0.25) is 4.79 Å². The molecule has 2 heterocycles. The van der Waals surface area contributed by atoms with Gasteiger partial charge in [0.2, 0.25) is 5.91 Å². The van der Waals surface area contributed by atoms with Crippen LogP contribution in [-0.4, -0.2) is 31.1 Å². The van der Waals surface area contributed by atoms with Crippen LogP contribution in [0.5, 0.6) is 11.5 Å². The number of amides is 1. The number of carbonyl (C=O) groups excluding carboxylic acids is 1. The molecule has 0 spiro atoms. The molecule has 3 rings (SSSR count). The minimum atomic E-state index is -0.472. The molecule has 2 N–H and O–H groups in total. The van der Waals surface area contributed by atoms with Gasteiger partial charge in [0.05, 0.1) is 24.0 Å². The van der Waals surface area contributed by atoms with Crippen molar-refractivity contribution in [1.82, 2.24) is 4.90 Å². The highest BCUT2D eigenvalue weighted by atomic mass is 79.9. The van der Waals surface area contributed by atoms with Crippen LogP contribution in [0.1, 0.15) is 16.5 Å². The van der Waals surface area contributed by atoms with Crippen LogP contribution in [-0.2, 0) is 11.3 Å². The van der Waals surface area contributed by atoms with E-state index in [1.807, 2.05) is 30.3 Å². The smallest absolute Gasteiger partial charge is 0.242 e. The fourth-order valence-electron chi connectivity index (χ4n) is 2.75. The lowest BCUT2D eigenvalue weighted by atomic mass is 9.93. The molecule has 23 heavy (non-hydrogen) atoms. The second kappa shape index (κ2) is 6.51. The van der Waals surface area contributed by atoms with E-state index in [-0.39, 0.29) is 11.9 Å². The number of ether oxygens (including phenoxy) is 2. The molecule has 122 valence electrons. The quantitative estimate of drug-likeness (QED) is 0.788. The van der Waals surface area contributed by atoms with E-state index < -0.39 is 6.04 Å². The zero-order valence-electron chi connectivity index (χ0n) is 12.8. The Balaban J connectivity index is 1.82. The molecule has 2 atom stereocenters. The number of carbonyl (C=O) groups is 1. The lowest BCUT2D eigenvalue weighted by Gasteiger charge is -2.45. The minimum absolute atomic E-state index is 0.0330. The number of thiophene rings is 1. The SMILES string of the molecule is COc1ccc(CN2C(=O)[C@@H](N)[C@H]2c2ccc(Br)s2)cc1OC. The minimum Gasteiger partial charge on any atom is -0.493 e. The van der Waals surface area contributed by atoms with Crippen molar-refractivity contribution >= 4 is 33.2 Å². The number of nitrogens with two attached hydrogens (primary N) is 1. The van der Waals surface area contributed by atoms with Crippen molar-refractivity contribution < 1.29 is 14.3 Å². The van der Waals surface area contributed by atoms with Crippen LogP contribution in [0.4, 0.5) is 0 Å². The topological polar surface area (TPSA) is 64.8 Å². The molecule has 0 bridgehead atoms. The third kappa shape index (κ3) is 2.96. The number of rotatable bonds is 5. The molecule has 1 aliphatic rings. The third-order valence-corrected chi connectivity index (χ3v) is 5.62. The molecule has 1 aromatic heterocycles. The molecule has 2 aromatic rings. The molecule has 0 unspecified atom stereocenters. The monoisotopic (exact) mass is 396 g/mol. The molecular weight excluding hydrogens is 380 g/mol. The number of hydrogen-bond donors (Lipinski definition) is 1. The van der Waals surface area contributed by atoms with Crippen LogP contribution in [0.3, 0.4) is 0 Å². The number of hydrogen-bond acceptors (Lipinski definition) is 5. The van der Waals surface area contributed by atoms with Crippen molar-refractivity contribution in [3.8, 4) is 11.5 Å². The number of nitrogens with zero attached hydrogens (tertiary/aromatic N) is 1. The number of methoxy groups -OCH3 is 2. The maximum atomic E-state index is 12.2. The summed E-state index contributed by atoms with van der Waals surface area (Å²) in [6, 6.07) is 9.09. The third-order valence-electron chi connectivity index (χ3n) is 3.93. The molecule has 1 aliphatic heterocycles. The van der Waals surface area contributed by atoms with E-state index in [9.17, 15) is 4.79 Å². The second-order valence-corrected chi connectivity index (χ2v) is 7.76. The first-order valence-corrected chi connectivity index (χ1v) is 8.68. The number of likely N-dealkylation sites (tertiary alicyclic amines) is 1. The first-order valence-electron chi connectivity index (χ1n) is 7.07. The first-order chi connectivity index (χ1) is 11.0. The Bertz CT molecular complexity index is 734. The summed E-state index contributed by atoms with van der Waals surface area (Å²) in [5, 5.41) is 0. The lowest BCUT2D eigenvalue weighted by molar-refractivity contribution is -0.150. The van der Waals surface area contributed by atoms with E-state index in [0.717, 1.165) is 14.2 Å². The average molecular weight is 397 g/mol. The molecule has 0 aliphatic carbocycles. The predicted octanol–water partition coefficient (Wildman–Crippen LogP) is 2.94. The standard InChI is InChI=1S/C16H17BrN2O3S/c1-21-10-4-3-9(7-11(10)22-2)8-19-15(14(18)16(19)20)12-5-6-13(17)23-12/h3-7,14-15H,8,18H2,1-2H3/t14-,15+/m0/s1. The summed E-state index contributed by atoms with van der Waals surface area (Å²) >= 11 is 5.06. The molecule has 1 fully saturated rings. The zero-order chi connectivity index (χ0) is 16.6. The Morgan fingerprint density at radius 1 is 1.22 bits per heavy atom. The van der Waals surface area contributed by atoms with Crippen LogP contribution in [0.2, 0.25) is 0 Å². The summed E-state index contributed by atoms with van der Waals surface area (Å²) in [4.78, 5) is 15.1. The summed E-state index contributed by atoms with van der Waals surface area (Å²) in [6.07, 6.45) is 0. The van der Waals surface area contributed by atoms with Gasteiger partial charge in [-0.2, -0.15) is 0 Å². The molecule has 1 saturated heterocycles. The van der Waals surface area contributed by atoms with Gasteiger partial charge in [0.1, 0.15) is 6.04 Å². The molecule has 0 saturated carbocycles. The first kappa shape index (κ1) is 16.3. The van der Waals surface area contributed by atoms with E-state index in [2.05, 4.69) is 15.9 Å². The van der Waals surface area contributed by atoms with Gasteiger partial charge in [-0.25, -0.2) is 0 Å². The Morgan fingerprint density at radius 3 is 2.57 bits per heavy atom. The van der Waals surface area contributed by atoms with Crippen molar-refractivity contribution in [1.29, 1.82) is 0 Å². The average Bonchev–Trinajstić information content (AvgIpc) is 2.99. The van der Waals surface area contributed by atoms with Crippen molar-refractivity contribution in [2.75, 3.05) is 14.2 Å². The van der Waals surface area contributed by atoms with Gasteiger partial charge in [0, 0.05) is 11.4 Å². The Kier molecular flexibility index (Phi) is 4.61. The molecule has 0 radical (unpaired) electrons. The summed E-state index contributed by atoms with van der Waals surface area (Å²) < 4.78 is 11.6. The highest BCUT2D eigenvalue weighted by molar-refractivity contribution is 9.11. The van der Waals surface area contributed by atoms with E-state index in [1.54, 1.807) is 30.5 Å². The van der Waals surface area contributed by atoms with Crippen molar-refractivity contribution in [2.24, 2.45) is 5.73 Å². The van der Waals surface area contributed by atoms with Crippen LogP contribution in [0, 0.1) is 0 Å². The van der Waals surface area contributed by atoms with Crippen molar-refractivity contribution in [3.05, 3.63) is 44.6 Å². The van der Waals surface area contributed by atoms with E-state index in [4.69, 9.17) is 15.2 Å². The van der Waals surface area contributed by atoms with Gasteiger partial charge in [0.25, 0.3) is 0 Å². The van der Waals surface area contributed by atoms with Gasteiger partial charge < -0.3 is 20.1 Å². The summed E-state index contributed by atoms with van der Waals surface area (Å²) in [5.74, 6) is 1.29.